The topological polar surface area (TPSA) is 33.1 Å². The molecule has 4 heteroatoms. The molecule has 1 aromatic rings. The minimum atomic E-state index is 0.631. The summed E-state index contributed by atoms with van der Waals surface area (Å²) in [5.74, 6) is 1.98. The highest BCUT2D eigenvalue weighted by atomic mass is 15.2. The Labute approximate surface area is 128 Å². The molecule has 2 aliphatic heterocycles. The van der Waals surface area contributed by atoms with Crippen LogP contribution in [0.25, 0.3) is 0 Å². The van der Waals surface area contributed by atoms with Crippen LogP contribution < -0.4 is 5.32 Å². The Bertz CT molecular complexity index is 471. The SMILES string of the molecule is CC(C)Cc1nc2c(n1CC(C)N1CCCC1)CCNC2. The Kier molecular flexibility index (Phi) is 4.65. The first-order chi connectivity index (χ1) is 10.1. The van der Waals surface area contributed by atoms with Crippen LogP contribution in [-0.2, 0) is 25.9 Å². The maximum atomic E-state index is 4.95. The fourth-order valence-corrected chi connectivity index (χ4v) is 3.73. The van der Waals surface area contributed by atoms with Gasteiger partial charge in [0.25, 0.3) is 0 Å². The Balaban J connectivity index is 1.82. The van der Waals surface area contributed by atoms with E-state index in [-0.39, 0.29) is 0 Å². The van der Waals surface area contributed by atoms with E-state index in [0.29, 0.717) is 12.0 Å². The van der Waals surface area contributed by atoms with Crippen molar-refractivity contribution in [2.75, 3.05) is 19.6 Å². The number of aromatic nitrogens is 2. The summed E-state index contributed by atoms with van der Waals surface area (Å²) in [7, 11) is 0. The van der Waals surface area contributed by atoms with Gasteiger partial charge in [-0.1, -0.05) is 13.8 Å². The quantitative estimate of drug-likeness (QED) is 0.902. The highest BCUT2D eigenvalue weighted by molar-refractivity contribution is 5.21. The Hall–Kier alpha value is -0.870. The van der Waals surface area contributed by atoms with Gasteiger partial charge in [0.1, 0.15) is 5.82 Å². The molecule has 118 valence electrons. The van der Waals surface area contributed by atoms with E-state index in [1.165, 1.54) is 43.1 Å². The van der Waals surface area contributed by atoms with Crippen LogP contribution in [0.3, 0.4) is 0 Å². The van der Waals surface area contributed by atoms with E-state index >= 15 is 0 Å². The lowest BCUT2D eigenvalue weighted by Gasteiger charge is -2.26. The van der Waals surface area contributed by atoms with Crippen LogP contribution in [0.4, 0.5) is 0 Å². The first kappa shape index (κ1) is 15.0. The van der Waals surface area contributed by atoms with Gasteiger partial charge in [-0.2, -0.15) is 0 Å². The van der Waals surface area contributed by atoms with Crippen molar-refractivity contribution >= 4 is 0 Å². The summed E-state index contributed by atoms with van der Waals surface area (Å²) in [5.41, 5.74) is 2.79. The fraction of sp³-hybridized carbons (Fsp3) is 0.824. The van der Waals surface area contributed by atoms with Gasteiger partial charge in [0.05, 0.1) is 5.69 Å². The second-order valence-electron chi connectivity index (χ2n) is 7.15. The molecular weight excluding hydrogens is 260 g/mol. The van der Waals surface area contributed by atoms with E-state index in [1.807, 2.05) is 0 Å². The lowest BCUT2D eigenvalue weighted by atomic mass is 10.1. The van der Waals surface area contributed by atoms with Gasteiger partial charge in [-0.25, -0.2) is 4.98 Å². The minimum absolute atomic E-state index is 0.631. The Morgan fingerprint density at radius 3 is 2.67 bits per heavy atom. The van der Waals surface area contributed by atoms with Crippen molar-refractivity contribution < 1.29 is 0 Å². The molecule has 21 heavy (non-hydrogen) atoms. The highest BCUT2D eigenvalue weighted by Crippen LogP contribution is 2.21. The number of likely N-dealkylation sites (tertiary alicyclic amines) is 1. The first-order valence-corrected chi connectivity index (χ1v) is 8.67. The normalized spacial score (nSPS) is 21.0. The van der Waals surface area contributed by atoms with Gasteiger partial charge < -0.3 is 9.88 Å². The standard InChI is InChI=1S/C17H30N4/c1-13(2)10-17-19-15-11-18-7-6-16(15)21(17)12-14(3)20-8-4-5-9-20/h13-14,18H,4-12H2,1-3H3. The number of nitrogens with one attached hydrogen (secondary N) is 1. The van der Waals surface area contributed by atoms with Crippen LogP contribution in [0.5, 0.6) is 0 Å². The number of hydrogen-bond acceptors (Lipinski definition) is 3. The number of hydrogen-bond donors (Lipinski definition) is 1. The summed E-state index contributed by atoms with van der Waals surface area (Å²) in [6.45, 7) is 12.7. The molecular formula is C17H30N4. The molecule has 1 atom stereocenters. The summed E-state index contributed by atoms with van der Waals surface area (Å²) in [5, 5.41) is 3.46. The van der Waals surface area contributed by atoms with Crippen LogP contribution in [-0.4, -0.2) is 40.1 Å². The molecule has 0 spiro atoms. The summed E-state index contributed by atoms with van der Waals surface area (Å²) >= 11 is 0. The molecule has 1 fully saturated rings. The molecule has 0 saturated carbocycles. The van der Waals surface area contributed by atoms with Crippen LogP contribution in [0.2, 0.25) is 0 Å². The predicted octanol–water partition coefficient (Wildman–Crippen LogP) is 2.21. The molecule has 1 N–H and O–H groups in total. The molecule has 2 aliphatic rings. The number of rotatable bonds is 5. The maximum Gasteiger partial charge on any atom is 0.109 e. The third-order valence-corrected chi connectivity index (χ3v) is 4.87. The maximum absolute atomic E-state index is 4.95. The second kappa shape index (κ2) is 6.49. The Morgan fingerprint density at radius 2 is 1.95 bits per heavy atom. The van der Waals surface area contributed by atoms with Crippen molar-refractivity contribution in [3.05, 3.63) is 17.2 Å². The van der Waals surface area contributed by atoms with Crippen molar-refractivity contribution in [2.24, 2.45) is 5.92 Å². The average Bonchev–Trinajstić information content (AvgIpc) is 3.07. The third kappa shape index (κ3) is 3.32. The average molecular weight is 290 g/mol. The van der Waals surface area contributed by atoms with Gasteiger partial charge in [-0.15, -0.1) is 0 Å². The van der Waals surface area contributed by atoms with Crippen LogP contribution in [0.15, 0.2) is 0 Å². The van der Waals surface area contributed by atoms with Gasteiger partial charge in [-0.3, -0.25) is 4.90 Å². The van der Waals surface area contributed by atoms with Crippen LogP contribution in [0, 0.1) is 5.92 Å². The monoisotopic (exact) mass is 290 g/mol. The molecule has 3 heterocycles. The summed E-state index contributed by atoms with van der Waals surface area (Å²) in [6, 6.07) is 0.631. The molecule has 0 aliphatic carbocycles. The van der Waals surface area contributed by atoms with Gasteiger partial charge in [0.15, 0.2) is 0 Å². The van der Waals surface area contributed by atoms with Gasteiger partial charge in [-0.05, 0) is 38.8 Å². The van der Waals surface area contributed by atoms with E-state index in [4.69, 9.17) is 4.98 Å². The molecule has 0 amide bonds. The van der Waals surface area contributed by atoms with Crippen LogP contribution in [0.1, 0.15) is 50.8 Å². The molecule has 1 aromatic heterocycles. The molecule has 1 saturated heterocycles. The molecule has 0 radical (unpaired) electrons. The number of nitrogens with zero attached hydrogens (tertiary/aromatic N) is 3. The van der Waals surface area contributed by atoms with E-state index in [9.17, 15) is 0 Å². The molecule has 1 unspecified atom stereocenters. The van der Waals surface area contributed by atoms with Crippen molar-refractivity contribution in [2.45, 2.75) is 65.6 Å². The van der Waals surface area contributed by atoms with E-state index in [0.717, 1.165) is 32.5 Å². The zero-order valence-electron chi connectivity index (χ0n) is 13.9. The van der Waals surface area contributed by atoms with Crippen molar-refractivity contribution in [1.82, 2.24) is 19.8 Å². The van der Waals surface area contributed by atoms with Crippen molar-refractivity contribution in [1.29, 1.82) is 0 Å². The van der Waals surface area contributed by atoms with Crippen LogP contribution >= 0.6 is 0 Å². The zero-order chi connectivity index (χ0) is 14.8. The van der Waals surface area contributed by atoms with E-state index < -0.39 is 0 Å². The third-order valence-electron chi connectivity index (χ3n) is 4.87. The predicted molar refractivity (Wildman–Crippen MR) is 86.4 cm³/mol. The zero-order valence-corrected chi connectivity index (χ0v) is 13.9. The highest BCUT2D eigenvalue weighted by Gasteiger charge is 2.24. The van der Waals surface area contributed by atoms with Gasteiger partial charge in [0, 0.05) is 44.2 Å². The molecule has 0 aromatic carbocycles. The van der Waals surface area contributed by atoms with Crippen molar-refractivity contribution in [3.63, 3.8) is 0 Å². The minimum Gasteiger partial charge on any atom is -0.330 e. The molecule has 0 bridgehead atoms. The summed E-state index contributed by atoms with van der Waals surface area (Å²) < 4.78 is 2.55. The number of imidazole rings is 1. The Morgan fingerprint density at radius 1 is 1.19 bits per heavy atom. The molecule has 3 rings (SSSR count). The van der Waals surface area contributed by atoms with Crippen molar-refractivity contribution in [3.8, 4) is 0 Å². The smallest absolute Gasteiger partial charge is 0.109 e. The first-order valence-electron chi connectivity index (χ1n) is 8.67. The van der Waals surface area contributed by atoms with E-state index in [2.05, 4.69) is 35.6 Å². The lowest BCUT2D eigenvalue weighted by molar-refractivity contribution is 0.232. The number of fused-ring (bicyclic) bond motifs is 1. The second-order valence-corrected chi connectivity index (χ2v) is 7.15. The summed E-state index contributed by atoms with van der Waals surface area (Å²) in [6.07, 6.45) is 4.97. The molecule has 4 nitrogen and oxygen atoms in total. The largest absolute Gasteiger partial charge is 0.330 e. The summed E-state index contributed by atoms with van der Waals surface area (Å²) in [4.78, 5) is 7.60. The van der Waals surface area contributed by atoms with Gasteiger partial charge >= 0.3 is 0 Å². The van der Waals surface area contributed by atoms with Gasteiger partial charge in [0.2, 0.25) is 0 Å². The fourth-order valence-electron chi connectivity index (χ4n) is 3.73. The van der Waals surface area contributed by atoms with E-state index in [1.54, 1.807) is 0 Å². The lowest BCUT2D eigenvalue weighted by Crippen LogP contribution is -2.35.